The standard InChI is InChI=1S/C33H34ClN3O4S/c1-3-35-33(39)31(22-26-12-6-4-7-13-26)36(23-27-20-18-25(2)19-21-27)32(38)24-37(30-17-11-10-16-29(30)34)42(40,41)28-14-8-5-9-15-28/h4-21,31H,3,22-24H2,1-2H3,(H,35,39)/t31-/m1/s1. The summed E-state index contributed by atoms with van der Waals surface area (Å²) < 4.78 is 28.9. The monoisotopic (exact) mass is 603 g/mol. The van der Waals surface area contributed by atoms with Crippen LogP contribution in [0, 0.1) is 6.92 Å². The zero-order valence-corrected chi connectivity index (χ0v) is 25.2. The molecule has 0 saturated carbocycles. The molecule has 4 aromatic carbocycles. The van der Waals surface area contributed by atoms with Crippen molar-refractivity contribution >= 4 is 39.1 Å². The van der Waals surface area contributed by atoms with Gasteiger partial charge in [0.1, 0.15) is 12.6 Å². The topological polar surface area (TPSA) is 86.8 Å². The highest BCUT2D eigenvalue weighted by Gasteiger charge is 2.35. The summed E-state index contributed by atoms with van der Waals surface area (Å²) in [5, 5.41) is 3.04. The lowest BCUT2D eigenvalue weighted by Crippen LogP contribution is -2.53. The van der Waals surface area contributed by atoms with Gasteiger partial charge in [-0.3, -0.25) is 13.9 Å². The molecule has 1 N–H and O–H groups in total. The third kappa shape index (κ3) is 7.57. The quantitative estimate of drug-likeness (QED) is 0.228. The minimum atomic E-state index is -4.20. The molecule has 0 fully saturated rings. The molecule has 0 spiro atoms. The van der Waals surface area contributed by atoms with Crippen LogP contribution >= 0.6 is 11.6 Å². The van der Waals surface area contributed by atoms with Crippen LogP contribution in [0.3, 0.4) is 0 Å². The number of nitrogens with zero attached hydrogens (tertiary/aromatic N) is 2. The second kappa shape index (κ2) is 14.2. The number of carbonyl (C=O) groups excluding carboxylic acids is 2. The molecule has 1 atom stereocenters. The van der Waals surface area contributed by atoms with Crippen molar-refractivity contribution in [2.45, 2.75) is 37.8 Å². The van der Waals surface area contributed by atoms with E-state index >= 15 is 0 Å². The lowest BCUT2D eigenvalue weighted by atomic mass is 10.0. The van der Waals surface area contributed by atoms with E-state index in [1.807, 2.05) is 68.4 Å². The van der Waals surface area contributed by atoms with Gasteiger partial charge in [0.2, 0.25) is 11.8 Å². The molecule has 0 aliphatic carbocycles. The number of amides is 2. The minimum Gasteiger partial charge on any atom is -0.355 e. The first-order valence-electron chi connectivity index (χ1n) is 13.7. The fraction of sp³-hybridized carbons (Fsp3) is 0.212. The van der Waals surface area contributed by atoms with Crippen LogP contribution in [0.4, 0.5) is 5.69 Å². The number of para-hydroxylation sites is 1. The summed E-state index contributed by atoms with van der Waals surface area (Å²) in [6.07, 6.45) is 0.252. The van der Waals surface area contributed by atoms with Crippen LogP contribution in [0.2, 0.25) is 5.02 Å². The van der Waals surface area contributed by atoms with Gasteiger partial charge in [-0.1, -0.05) is 102 Å². The normalized spacial score (nSPS) is 11.9. The summed E-state index contributed by atoms with van der Waals surface area (Å²) in [7, 11) is -4.20. The van der Waals surface area contributed by atoms with E-state index in [0.29, 0.717) is 6.54 Å². The van der Waals surface area contributed by atoms with E-state index in [9.17, 15) is 18.0 Å². The average molecular weight is 604 g/mol. The maximum atomic E-state index is 14.3. The summed E-state index contributed by atoms with van der Waals surface area (Å²) in [5.41, 5.74) is 2.91. The Hall–Kier alpha value is -4.14. The van der Waals surface area contributed by atoms with Crippen molar-refractivity contribution < 1.29 is 18.0 Å². The predicted octanol–water partition coefficient (Wildman–Crippen LogP) is 5.62. The summed E-state index contributed by atoms with van der Waals surface area (Å²) in [4.78, 5) is 29.3. The molecule has 4 aromatic rings. The molecule has 0 unspecified atom stereocenters. The largest absolute Gasteiger partial charge is 0.355 e. The van der Waals surface area contributed by atoms with Crippen molar-refractivity contribution in [1.29, 1.82) is 0 Å². The third-order valence-electron chi connectivity index (χ3n) is 6.83. The van der Waals surface area contributed by atoms with Gasteiger partial charge >= 0.3 is 0 Å². The maximum absolute atomic E-state index is 14.3. The molecule has 7 nitrogen and oxygen atoms in total. The number of aryl methyl sites for hydroxylation is 1. The Labute approximate surface area is 252 Å². The molecule has 2 amide bonds. The minimum absolute atomic E-state index is 0.0207. The van der Waals surface area contributed by atoms with Crippen LogP contribution in [0.25, 0.3) is 0 Å². The summed E-state index contributed by atoms with van der Waals surface area (Å²) >= 11 is 6.49. The van der Waals surface area contributed by atoms with Gasteiger partial charge < -0.3 is 10.2 Å². The highest BCUT2D eigenvalue weighted by atomic mass is 35.5. The molecular weight excluding hydrogens is 570 g/mol. The second-order valence-corrected chi connectivity index (χ2v) is 12.2. The van der Waals surface area contributed by atoms with Crippen molar-refractivity contribution in [3.8, 4) is 0 Å². The lowest BCUT2D eigenvalue weighted by molar-refractivity contribution is -0.140. The highest BCUT2D eigenvalue weighted by molar-refractivity contribution is 7.92. The molecule has 9 heteroatoms. The fourth-order valence-electron chi connectivity index (χ4n) is 4.62. The van der Waals surface area contributed by atoms with Crippen LogP contribution in [-0.4, -0.2) is 44.3 Å². The molecule has 4 rings (SSSR count). The van der Waals surface area contributed by atoms with Gasteiger partial charge in [0.25, 0.3) is 10.0 Å². The number of likely N-dealkylation sites (N-methyl/N-ethyl adjacent to an activating group) is 1. The Balaban J connectivity index is 1.79. The van der Waals surface area contributed by atoms with Crippen LogP contribution in [0.5, 0.6) is 0 Å². The molecule has 0 aliphatic heterocycles. The predicted molar refractivity (Wildman–Crippen MR) is 167 cm³/mol. The average Bonchev–Trinajstić information content (AvgIpc) is 3.00. The van der Waals surface area contributed by atoms with Crippen molar-refractivity contribution in [3.63, 3.8) is 0 Å². The Morgan fingerprint density at radius 1 is 0.810 bits per heavy atom. The highest BCUT2D eigenvalue weighted by Crippen LogP contribution is 2.31. The maximum Gasteiger partial charge on any atom is 0.264 e. The summed E-state index contributed by atoms with van der Waals surface area (Å²) in [6.45, 7) is 3.71. The molecule has 0 heterocycles. The van der Waals surface area contributed by atoms with Crippen molar-refractivity contribution in [1.82, 2.24) is 10.2 Å². The van der Waals surface area contributed by atoms with Gasteiger partial charge in [-0.2, -0.15) is 0 Å². The number of sulfonamides is 1. The van der Waals surface area contributed by atoms with Gasteiger partial charge in [-0.05, 0) is 49.2 Å². The number of rotatable bonds is 12. The molecule has 218 valence electrons. The van der Waals surface area contributed by atoms with Crippen LogP contribution in [0.1, 0.15) is 23.6 Å². The van der Waals surface area contributed by atoms with Crippen LogP contribution in [0.15, 0.2) is 114 Å². The van der Waals surface area contributed by atoms with Crippen LogP contribution < -0.4 is 9.62 Å². The van der Waals surface area contributed by atoms with E-state index in [0.717, 1.165) is 21.0 Å². The molecule has 0 radical (unpaired) electrons. The molecule has 0 aromatic heterocycles. The van der Waals surface area contributed by atoms with Gasteiger partial charge in [-0.25, -0.2) is 8.42 Å². The van der Waals surface area contributed by atoms with E-state index in [2.05, 4.69) is 5.32 Å². The molecular formula is C33H34ClN3O4S. The van der Waals surface area contributed by atoms with Crippen LogP contribution in [-0.2, 0) is 32.6 Å². The number of benzene rings is 4. The molecule has 0 saturated heterocycles. The SMILES string of the molecule is CCNC(=O)[C@@H](Cc1ccccc1)N(Cc1ccc(C)cc1)C(=O)CN(c1ccccc1Cl)S(=O)(=O)c1ccccc1. The summed E-state index contributed by atoms with van der Waals surface area (Å²) in [6, 6.07) is 30.6. The Kier molecular flexibility index (Phi) is 10.4. The third-order valence-corrected chi connectivity index (χ3v) is 8.92. The molecule has 42 heavy (non-hydrogen) atoms. The number of anilines is 1. The second-order valence-electron chi connectivity index (χ2n) is 9.88. The Bertz CT molecular complexity index is 1600. The Morgan fingerprint density at radius 2 is 1.40 bits per heavy atom. The lowest BCUT2D eigenvalue weighted by Gasteiger charge is -2.34. The Morgan fingerprint density at radius 3 is 2.02 bits per heavy atom. The number of hydrogen-bond donors (Lipinski definition) is 1. The zero-order valence-electron chi connectivity index (χ0n) is 23.6. The fourth-order valence-corrected chi connectivity index (χ4v) is 6.37. The van der Waals surface area contributed by atoms with Gasteiger partial charge in [0, 0.05) is 19.5 Å². The number of hydrogen-bond acceptors (Lipinski definition) is 4. The van der Waals surface area contributed by atoms with E-state index in [1.54, 1.807) is 42.5 Å². The molecule has 0 aliphatic rings. The first-order chi connectivity index (χ1) is 20.2. The number of halogens is 1. The van der Waals surface area contributed by atoms with Gasteiger partial charge in [-0.15, -0.1) is 0 Å². The van der Waals surface area contributed by atoms with E-state index in [1.165, 1.54) is 17.0 Å². The van der Waals surface area contributed by atoms with E-state index < -0.39 is 28.5 Å². The first kappa shape index (κ1) is 30.8. The zero-order chi connectivity index (χ0) is 30.1. The van der Waals surface area contributed by atoms with Crippen molar-refractivity contribution in [2.75, 3.05) is 17.4 Å². The van der Waals surface area contributed by atoms with Crippen molar-refractivity contribution in [3.05, 3.63) is 131 Å². The number of carbonyl (C=O) groups is 2. The number of nitrogens with one attached hydrogen (secondary N) is 1. The first-order valence-corrected chi connectivity index (χ1v) is 15.5. The van der Waals surface area contributed by atoms with Gasteiger partial charge in [0.05, 0.1) is 15.6 Å². The molecule has 0 bridgehead atoms. The van der Waals surface area contributed by atoms with Gasteiger partial charge in [0.15, 0.2) is 0 Å². The van der Waals surface area contributed by atoms with Crippen molar-refractivity contribution in [2.24, 2.45) is 0 Å². The summed E-state index contributed by atoms with van der Waals surface area (Å²) in [5.74, 6) is -0.862. The van der Waals surface area contributed by atoms with E-state index in [4.69, 9.17) is 11.6 Å². The smallest absolute Gasteiger partial charge is 0.264 e. The van der Waals surface area contributed by atoms with E-state index in [-0.39, 0.29) is 34.5 Å².